The molecule has 0 aromatic rings. The number of alkyl halides is 3. The number of fused-ring (bicyclic) bond motifs is 1. The Kier molecular flexibility index (Phi) is 4.25. The van der Waals surface area contributed by atoms with Gasteiger partial charge < -0.3 is 10.6 Å². The Hall–Kier alpha value is -1.02. The fourth-order valence-electron chi connectivity index (χ4n) is 3.54. The maximum atomic E-state index is 12.7. The largest absolute Gasteiger partial charge is 0.393 e. The summed E-state index contributed by atoms with van der Waals surface area (Å²) in [6.45, 7) is 1.88. The van der Waals surface area contributed by atoms with Gasteiger partial charge in [0.2, 0.25) is 0 Å². The second kappa shape index (κ2) is 5.81. The van der Waals surface area contributed by atoms with Crippen molar-refractivity contribution in [2.75, 3.05) is 7.05 Å². The topological polar surface area (TPSA) is 54.0 Å². The molecule has 0 saturated heterocycles. The van der Waals surface area contributed by atoms with Gasteiger partial charge in [0.25, 0.3) is 0 Å². The average molecular weight is 346 g/mol. The summed E-state index contributed by atoms with van der Waals surface area (Å²) in [5.74, 6) is 0.572. The number of nitrogens with zero attached hydrogens (tertiary/aromatic N) is 3. The van der Waals surface area contributed by atoms with E-state index < -0.39 is 17.5 Å². The molecule has 2 aliphatic heterocycles. The molecule has 8 heteroatoms. The molecule has 1 fully saturated rings. The highest BCUT2D eigenvalue weighted by Gasteiger charge is 2.47. The van der Waals surface area contributed by atoms with Crippen LogP contribution in [0.25, 0.3) is 0 Å². The Labute approximate surface area is 138 Å². The Morgan fingerprint density at radius 3 is 2.78 bits per heavy atom. The van der Waals surface area contributed by atoms with Gasteiger partial charge >= 0.3 is 6.18 Å². The van der Waals surface area contributed by atoms with Crippen molar-refractivity contribution in [2.24, 2.45) is 21.6 Å². The smallest absolute Gasteiger partial charge is 0.359 e. The van der Waals surface area contributed by atoms with Crippen LogP contribution < -0.4 is 5.73 Å². The number of hydrogen-bond donors (Lipinski definition) is 1. The fourth-order valence-corrected chi connectivity index (χ4v) is 4.91. The van der Waals surface area contributed by atoms with E-state index in [1.165, 1.54) is 18.1 Å². The zero-order valence-corrected chi connectivity index (χ0v) is 14.0. The van der Waals surface area contributed by atoms with Gasteiger partial charge in [-0.25, -0.2) is 4.99 Å². The highest BCUT2D eigenvalue weighted by molar-refractivity contribution is 8.04. The predicted octanol–water partition coefficient (Wildman–Crippen LogP) is 3.15. The lowest BCUT2D eigenvalue weighted by Crippen LogP contribution is -2.46. The second-order valence-corrected chi connectivity index (χ2v) is 8.18. The minimum atomic E-state index is -4.20. The van der Waals surface area contributed by atoms with Crippen LogP contribution in [0.2, 0.25) is 0 Å². The quantitative estimate of drug-likeness (QED) is 0.836. The van der Waals surface area contributed by atoms with E-state index in [1.54, 1.807) is 6.08 Å². The van der Waals surface area contributed by atoms with Crippen LogP contribution in [0.1, 0.15) is 32.6 Å². The van der Waals surface area contributed by atoms with Crippen LogP contribution in [0.3, 0.4) is 0 Å². The minimum Gasteiger partial charge on any atom is -0.359 e. The van der Waals surface area contributed by atoms with E-state index in [0.717, 1.165) is 25.1 Å². The van der Waals surface area contributed by atoms with Gasteiger partial charge in [-0.05, 0) is 31.1 Å². The lowest BCUT2D eigenvalue weighted by atomic mass is 9.96. The summed E-state index contributed by atoms with van der Waals surface area (Å²) in [5.41, 5.74) is 5.98. The molecule has 0 bridgehead atoms. The van der Waals surface area contributed by atoms with Crippen LogP contribution in [0.5, 0.6) is 0 Å². The molecule has 3 aliphatic rings. The summed E-state index contributed by atoms with van der Waals surface area (Å²) in [5, 5.41) is 0. The lowest BCUT2D eigenvalue weighted by molar-refractivity contribution is -0.125. The number of thioether (sulfide) groups is 1. The van der Waals surface area contributed by atoms with Gasteiger partial charge in [0.1, 0.15) is 17.0 Å². The van der Waals surface area contributed by atoms with Crippen LogP contribution in [-0.4, -0.2) is 47.3 Å². The average Bonchev–Trinajstić information content (AvgIpc) is 2.98. The molecule has 0 amide bonds. The molecule has 0 aromatic carbocycles. The molecule has 3 rings (SSSR count). The number of nitrogens with two attached hydrogens (primary N) is 1. The molecule has 128 valence electrons. The summed E-state index contributed by atoms with van der Waals surface area (Å²) in [7, 11) is 1.96. The van der Waals surface area contributed by atoms with Gasteiger partial charge in [-0.3, -0.25) is 4.99 Å². The summed E-state index contributed by atoms with van der Waals surface area (Å²) < 4.78 is 38.1. The van der Waals surface area contributed by atoms with Crippen molar-refractivity contribution in [2.45, 2.75) is 55.7 Å². The van der Waals surface area contributed by atoms with Crippen molar-refractivity contribution in [1.82, 2.24) is 4.90 Å². The molecule has 3 unspecified atom stereocenters. The standard InChI is InChI=1S/C15H21F3N4S/c1-14-12(6-11(23-14)7-15(16,17)18)13(20-8-21-14)22(2)10-4-3-9(19)5-10/h6,8-10,12H,3-5,7,19H2,1-2H3/t9-,10?,12?,14?/m0/s1. The highest BCUT2D eigenvalue weighted by atomic mass is 32.2. The molecule has 4 atom stereocenters. The van der Waals surface area contributed by atoms with Crippen LogP contribution >= 0.6 is 11.8 Å². The van der Waals surface area contributed by atoms with Crippen molar-refractivity contribution in [3.8, 4) is 0 Å². The molecular formula is C15H21F3N4S. The second-order valence-electron chi connectivity index (χ2n) is 6.63. The molecule has 0 aromatic heterocycles. The normalized spacial score (nSPS) is 36.7. The first-order valence-corrected chi connectivity index (χ1v) is 8.56. The molecule has 0 spiro atoms. The van der Waals surface area contributed by atoms with Crippen LogP contribution in [0.4, 0.5) is 13.2 Å². The summed E-state index contributed by atoms with van der Waals surface area (Å²) in [6.07, 6.45) is 0.931. The number of rotatable bonds is 2. The van der Waals surface area contributed by atoms with Gasteiger partial charge in [0.05, 0.1) is 12.3 Å². The lowest BCUT2D eigenvalue weighted by Gasteiger charge is -2.37. The number of allylic oxidation sites excluding steroid dienone is 1. The van der Waals surface area contributed by atoms with Crippen molar-refractivity contribution in [3.05, 3.63) is 11.0 Å². The molecular weight excluding hydrogens is 325 g/mol. The number of hydrogen-bond acceptors (Lipinski definition) is 5. The highest BCUT2D eigenvalue weighted by Crippen LogP contribution is 2.51. The minimum absolute atomic E-state index is 0.195. The fraction of sp³-hybridized carbons (Fsp3) is 0.733. The summed E-state index contributed by atoms with van der Waals surface area (Å²) in [4.78, 5) is 10.5. The Balaban J connectivity index is 1.81. The maximum absolute atomic E-state index is 12.7. The first-order valence-electron chi connectivity index (χ1n) is 7.74. The maximum Gasteiger partial charge on any atom is 0.393 e. The molecule has 2 N–H and O–H groups in total. The third-order valence-corrected chi connectivity index (χ3v) is 6.09. The van der Waals surface area contributed by atoms with E-state index in [0.29, 0.717) is 10.9 Å². The van der Waals surface area contributed by atoms with Gasteiger partial charge in [-0.1, -0.05) is 17.8 Å². The molecule has 0 radical (unpaired) electrons. The number of halogens is 3. The molecule has 2 heterocycles. The molecule has 1 aliphatic carbocycles. The number of aliphatic imine (C=N–C) groups is 2. The zero-order valence-electron chi connectivity index (χ0n) is 13.2. The predicted molar refractivity (Wildman–Crippen MR) is 87.5 cm³/mol. The van der Waals surface area contributed by atoms with Gasteiger partial charge in [0.15, 0.2) is 0 Å². The van der Waals surface area contributed by atoms with Crippen LogP contribution in [-0.2, 0) is 0 Å². The molecule has 4 nitrogen and oxygen atoms in total. The van der Waals surface area contributed by atoms with E-state index >= 15 is 0 Å². The van der Waals surface area contributed by atoms with Crippen molar-refractivity contribution < 1.29 is 13.2 Å². The van der Waals surface area contributed by atoms with Gasteiger partial charge in [-0.2, -0.15) is 13.2 Å². The Bertz CT molecular complexity index is 572. The first-order chi connectivity index (χ1) is 10.7. The van der Waals surface area contributed by atoms with E-state index in [-0.39, 0.29) is 12.0 Å². The Morgan fingerprint density at radius 1 is 1.43 bits per heavy atom. The third-order valence-electron chi connectivity index (χ3n) is 4.78. The Morgan fingerprint density at radius 2 is 2.17 bits per heavy atom. The zero-order chi connectivity index (χ0) is 16.8. The van der Waals surface area contributed by atoms with Crippen molar-refractivity contribution in [1.29, 1.82) is 0 Å². The summed E-state index contributed by atoms with van der Waals surface area (Å²) in [6, 6.07) is 0.491. The van der Waals surface area contributed by atoms with Crippen molar-refractivity contribution in [3.63, 3.8) is 0 Å². The van der Waals surface area contributed by atoms with Crippen LogP contribution in [0.15, 0.2) is 21.0 Å². The third kappa shape index (κ3) is 3.42. The molecule has 23 heavy (non-hydrogen) atoms. The summed E-state index contributed by atoms with van der Waals surface area (Å²) >= 11 is 1.20. The SMILES string of the molecule is CN(C1=NC=NC2(C)SC(CC(F)(F)F)=CC12)C1CC[C@H](N)C1. The van der Waals surface area contributed by atoms with Gasteiger partial charge in [0, 0.05) is 19.1 Å². The number of amidine groups is 1. The van der Waals surface area contributed by atoms with Gasteiger partial charge in [-0.15, -0.1) is 0 Å². The van der Waals surface area contributed by atoms with E-state index in [4.69, 9.17) is 5.73 Å². The van der Waals surface area contributed by atoms with Crippen molar-refractivity contribution >= 4 is 23.9 Å². The first kappa shape index (κ1) is 16.8. The molecule has 1 saturated carbocycles. The van der Waals surface area contributed by atoms with E-state index in [2.05, 4.69) is 14.9 Å². The van der Waals surface area contributed by atoms with E-state index in [9.17, 15) is 13.2 Å². The van der Waals surface area contributed by atoms with E-state index in [1.807, 2.05) is 14.0 Å². The monoisotopic (exact) mass is 346 g/mol. The van der Waals surface area contributed by atoms with Crippen LogP contribution in [0, 0.1) is 5.92 Å².